The van der Waals surface area contributed by atoms with Crippen molar-refractivity contribution in [3.8, 4) is 5.75 Å². The Bertz CT molecular complexity index is 298. The Kier molecular flexibility index (Phi) is 5.19. The SMILES string of the molecule is CC(CCCc1ccc(O)cc1)OC(F)F. The van der Waals surface area contributed by atoms with Gasteiger partial charge in [-0.15, -0.1) is 0 Å². The number of rotatable bonds is 6. The maximum absolute atomic E-state index is 11.8. The zero-order chi connectivity index (χ0) is 12.0. The van der Waals surface area contributed by atoms with E-state index in [-0.39, 0.29) is 5.75 Å². The van der Waals surface area contributed by atoms with Crippen LogP contribution in [0.15, 0.2) is 24.3 Å². The van der Waals surface area contributed by atoms with Gasteiger partial charge in [0.05, 0.1) is 6.10 Å². The van der Waals surface area contributed by atoms with Crippen molar-refractivity contribution in [1.82, 2.24) is 0 Å². The molecule has 90 valence electrons. The Morgan fingerprint density at radius 1 is 1.25 bits per heavy atom. The molecule has 0 saturated heterocycles. The molecule has 16 heavy (non-hydrogen) atoms. The number of halogens is 2. The molecule has 2 nitrogen and oxygen atoms in total. The molecule has 4 heteroatoms. The van der Waals surface area contributed by atoms with Crippen molar-refractivity contribution >= 4 is 0 Å². The van der Waals surface area contributed by atoms with Crippen LogP contribution in [0.2, 0.25) is 0 Å². The van der Waals surface area contributed by atoms with E-state index in [9.17, 15) is 8.78 Å². The summed E-state index contributed by atoms with van der Waals surface area (Å²) in [5.74, 6) is 0.234. The molecule has 0 amide bonds. The minimum Gasteiger partial charge on any atom is -0.508 e. The molecule has 1 atom stereocenters. The number of aromatic hydroxyl groups is 1. The third-order valence-electron chi connectivity index (χ3n) is 2.35. The molecular weight excluding hydrogens is 214 g/mol. The molecule has 1 N–H and O–H groups in total. The predicted molar refractivity (Wildman–Crippen MR) is 57.6 cm³/mol. The van der Waals surface area contributed by atoms with Gasteiger partial charge in [0, 0.05) is 0 Å². The molecule has 0 aliphatic heterocycles. The van der Waals surface area contributed by atoms with E-state index < -0.39 is 12.7 Å². The zero-order valence-electron chi connectivity index (χ0n) is 9.20. The largest absolute Gasteiger partial charge is 0.508 e. The topological polar surface area (TPSA) is 29.5 Å². The summed E-state index contributed by atoms with van der Waals surface area (Å²) in [6, 6.07) is 6.89. The Balaban J connectivity index is 2.22. The van der Waals surface area contributed by atoms with Gasteiger partial charge in [0.2, 0.25) is 0 Å². The molecule has 1 aromatic rings. The van der Waals surface area contributed by atoms with E-state index in [0.29, 0.717) is 6.42 Å². The maximum Gasteiger partial charge on any atom is 0.345 e. The molecule has 1 aromatic carbocycles. The second-order valence-corrected chi connectivity index (χ2v) is 3.77. The Morgan fingerprint density at radius 3 is 2.44 bits per heavy atom. The lowest BCUT2D eigenvalue weighted by Crippen LogP contribution is -2.12. The molecule has 0 saturated carbocycles. The third kappa shape index (κ3) is 5.07. The summed E-state index contributed by atoms with van der Waals surface area (Å²) < 4.78 is 28.0. The number of aryl methyl sites for hydroxylation is 1. The van der Waals surface area contributed by atoms with Crippen LogP contribution in [0.3, 0.4) is 0 Å². The minimum absolute atomic E-state index is 0.234. The molecule has 0 radical (unpaired) electrons. The van der Waals surface area contributed by atoms with Crippen LogP contribution in [0, 0.1) is 0 Å². The molecule has 1 rings (SSSR count). The van der Waals surface area contributed by atoms with Gasteiger partial charge in [-0.05, 0) is 43.9 Å². The van der Waals surface area contributed by atoms with Gasteiger partial charge in [-0.1, -0.05) is 12.1 Å². The third-order valence-corrected chi connectivity index (χ3v) is 2.35. The minimum atomic E-state index is -2.69. The van der Waals surface area contributed by atoms with Gasteiger partial charge in [-0.25, -0.2) is 0 Å². The lowest BCUT2D eigenvalue weighted by Gasteiger charge is -2.11. The molecule has 0 fully saturated rings. The maximum atomic E-state index is 11.8. The summed E-state index contributed by atoms with van der Waals surface area (Å²) in [6.45, 7) is -1.05. The quantitative estimate of drug-likeness (QED) is 0.812. The fraction of sp³-hybridized carbons (Fsp3) is 0.500. The highest BCUT2D eigenvalue weighted by atomic mass is 19.3. The summed E-state index contributed by atoms with van der Waals surface area (Å²) in [5, 5.41) is 9.07. The van der Waals surface area contributed by atoms with Crippen LogP contribution in [0.1, 0.15) is 25.3 Å². The van der Waals surface area contributed by atoms with Crippen LogP contribution in [0.25, 0.3) is 0 Å². The van der Waals surface area contributed by atoms with E-state index >= 15 is 0 Å². The molecule has 1 unspecified atom stereocenters. The highest BCUT2D eigenvalue weighted by Crippen LogP contribution is 2.14. The van der Waals surface area contributed by atoms with Crippen molar-refractivity contribution in [3.05, 3.63) is 29.8 Å². The fourth-order valence-corrected chi connectivity index (χ4v) is 1.50. The second kappa shape index (κ2) is 6.43. The molecule has 0 aromatic heterocycles. The Hall–Kier alpha value is -1.16. The number of ether oxygens (including phenoxy) is 1. The van der Waals surface area contributed by atoms with Gasteiger partial charge in [0.1, 0.15) is 5.75 Å². The zero-order valence-corrected chi connectivity index (χ0v) is 9.20. The summed E-state index contributed by atoms with van der Waals surface area (Å²) in [5.41, 5.74) is 1.09. The second-order valence-electron chi connectivity index (χ2n) is 3.77. The van der Waals surface area contributed by atoms with Crippen molar-refractivity contribution in [3.63, 3.8) is 0 Å². The van der Waals surface area contributed by atoms with Crippen LogP contribution >= 0.6 is 0 Å². The van der Waals surface area contributed by atoms with E-state index in [4.69, 9.17) is 5.11 Å². The Morgan fingerprint density at radius 2 is 1.88 bits per heavy atom. The average molecular weight is 230 g/mol. The summed E-state index contributed by atoms with van der Waals surface area (Å²) >= 11 is 0. The monoisotopic (exact) mass is 230 g/mol. The molecule has 0 spiro atoms. The van der Waals surface area contributed by atoms with Crippen LogP contribution in [-0.4, -0.2) is 17.8 Å². The molecule has 0 bridgehead atoms. The average Bonchev–Trinajstić information content (AvgIpc) is 2.20. The number of phenols is 1. The Labute approximate surface area is 93.9 Å². The van der Waals surface area contributed by atoms with E-state index in [0.717, 1.165) is 18.4 Å². The van der Waals surface area contributed by atoms with E-state index in [1.165, 1.54) is 0 Å². The van der Waals surface area contributed by atoms with Gasteiger partial charge >= 0.3 is 6.61 Å². The number of hydrogen-bond donors (Lipinski definition) is 1. The highest BCUT2D eigenvalue weighted by Gasteiger charge is 2.09. The van der Waals surface area contributed by atoms with E-state index in [1.54, 1.807) is 19.1 Å². The summed E-state index contributed by atoms with van der Waals surface area (Å²) in [7, 11) is 0. The molecular formula is C12H16F2O2. The van der Waals surface area contributed by atoms with Crippen molar-refractivity contribution < 1.29 is 18.6 Å². The normalized spacial score (nSPS) is 13.0. The first-order valence-electron chi connectivity index (χ1n) is 5.29. The van der Waals surface area contributed by atoms with Crippen molar-refractivity contribution in [1.29, 1.82) is 0 Å². The summed E-state index contributed by atoms with van der Waals surface area (Å²) in [6.07, 6.45) is 1.78. The van der Waals surface area contributed by atoms with Crippen molar-refractivity contribution in [2.24, 2.45) is 0 Å². The first-order valence-corrected chi connectivity index (χ1v) is 5.29. The number of benzene rings is 1. The number of alkyl halides is 2. The highest BCUT2D eigenvalue weighted by molar-refractivity contribution is 5.25. The number of phenolic OH excluding ortho intramolecular Hbond substituents is 1. The van der Waals surface area contributed by atoms with Crippen LogP contribution in [-0.2, 0) is 11.2 Å². The van der Waals surface area contributed by atoms with Gasteiger partial charge in [0.25, 0.3) is 0 Å². The first-order chi connectivity index (χ1) is 7.58. The van der Waals surface area contributed by atoms with Gasteiger partial charge in [-0.3, -0.25) is 0 Å². The summed E-state index contributed by atoms with van der Waals surface area (Å²) in [4.78, 5) is 0. The molecule has 0 heterocycles. The van der Waals surface area contributed by atoms with Crippen molar-refractivity contribution in [2.45, 2.75) is 38.9 Å². The number of hydrogen-bond acceptors (Lipinski definition) is 2. The predicted octanol–water partition coefficient (Wildman–Crippen LogP) is 3.34. The lowest BCUT2D eigenvalue weighted by molar-refractivity contribution is -0.159. The fourth-order valence-electron chi connectivity index (χ4n) is 1.50. The van der Waals surface area contributed by atoms with Gasteiger partial charge in [0.15, 0.2) is 0 Å². The van der Waals surface area contributed by atoms with Crippen molar-refractivity contribution in [2.75, 3.05) is 0 Å². The lowest BCUT2D eigenvalue weighted by atomic mass is 10.1. The van der Waals surface area contributed by atoms with E-state index in [1.807, 2.05) is 12.1 Å². The van der Waals surface area contributed by atoms with Gasteiger partial charge in [-0.2, -0.15) is 8.78 Å². The standard InChI is InChI=1S/C12H16F2O2/c1-9(16-12(13)14)3-2-4-10-5-7-11(15)8-6-10/h5-9,12,15H,2-4H2,1H3. The van der Waals surface area contributed by atoms with Crippen LogP contribution in [0.4, 0.5) is 8.78 Å². The molecule has 0 aliphatic rings. The van der Waals surface area contributed by atoms with Crippen LogP contribution in [0.5, 0.6) is 5.75 Å². The first kappa shape index (κ1) is 12.9. The molecule has 0 aliphatic carbocycles. The van der Waals surface area contributed by atoms with Gasteiger partial charge < -0.3 is 9.84 Å². The van der Waals surface area contributed by atoms with Crippen LogP contribution < -0.4 is 0 Å². The smallest absolute Gasteiger partial charge is 0.345 e. The van der Waals surface area contributed by atoms with E-state index in [2.05, 4.69) is 4.74 Å².